The largest absolute Gasteiger partial charge is 0.467 e. The van der Waals surface area contributed by atoms with Gasteiger partial charge in [-0.2, -0.15) is 0 Å². The van der Waals surface area contributed by atoms with Crippen molar-refractivity contribution in [2.45, 2.75) is 24.8 Å². The SMILES string of the molecule is COC(=O)[C@]1(NC(=O)c2ccccc2)CCc2ccccc2C1. The molecule has 0 heterocycles. The van der Waals surface area contributed by atoms with Crippen LogP contribution >= 0.6 is 0 Å². The van der Waals surface area contributed by atoms with Crippen LogP contribution in [0.4, 0.5) is 0 Å². The van der Waals surface area contributed by atoms with Crippen molar-refractivity contribution in [2.75, 3.05) is 7.11 Å². The number of carbonyl (C=O) groups excluding carboxylic acids is 2. The molecule has 118 valence electrons. The van der Waals surface area contributed by atoms with Crippen molar-refractivity contribution in [3.8, 4) is 0 Å². The van der Waals surface area contributed by atoms with E-state index in [0.29, 0.717) is 18.4 Å². The molecule has 0 saturated heterocycles. The van der Waals surface area contributed by atoms with Crippen LogP contribution in [0.5, 0.6) is 0 Å². The molecule has 4 heteroatoms. The van der Waals surface area contributed by atoms with Gasteiger partial charge in [0, 0.05) is 12.0 Å². The minimum Gasteiger partial charge on any atom is -0.467 e. The second-order valence-electron chi connectivity index (χ2n) is 5.84. The number of methoxy groups -OCH3 is 1. The van der Waals surface area contributed by atoms with Crippen LogP contribution in [0.1, 0.15) is 27.9 Å². The Morgan fingerprint density at radius 1 is 1.00 bits per heavy atom. The average molecular weight is 309 g/mol. The molecule has 0 aliphatic heterocycles. The summed E-state index contributed by atoms with van der Waals surface area (Å²) in [6.45, 7) is 0. The van der Waals surface area contributed by atoms with Gasteiger partial charge in [-0.15, -0.1) is 0 Å². The minimum absolute atomic E-state index is 0.254. The summed E-state index contributed by atoms with van der Waals surface area (Å²) < 4.78 is 4.99. The van der Waals surface area contributed by atoms with E-state index in [9.17, 15) is 9.59 Å². The van der Waals surface area contributed by atoms with Gasteiger partial charge < -0.3 is 10.1 Å². The van der Waals surface area contributed by atoms with E-state index < -0.39 is 11.5 Å². The third kappa shape index (κ3) is 2.97. The number of carbonyl (C=O) groups is 2. The fourth-order valence-electron chi connectivity index (χ4n) is 3.14. The van der Waals surface area contributed by atoms with Crippen molar-refractivity contribution in [1.82, 2.24) is 5.32 Å². The van der Waals surface area contributed by atoms with E-state index >= 15 is 0 Å². The van der Waals surface area contributed by atoms with Crippen LogP contribution in [0.25, 0.3) is 0 Å². The van der Waals surface area contributed by atoms with Crippen LogP contribution in [-0.2, 0) is 22.4 Å². The molecule has 1 atom stereocenters. The van der Waals surface area contributed by atoms with Crippen molar-refractivity contribution in [1.29, 1.82) is 0 Å². The highest BCUT2D eigenvalue weighted by Gasteiger charge is 2.43. The Balaban J connectivity index is 1.90. The minimum atomic E-state index is -1.00. The van der Waals surface area contributed by atoms with Crippen molar-refractivity contribution >= 4 is 11.9 Å². The zero-order valence-electron chi connectivity index (χ0n) is 13.0. The third-order valence-electron chi connectivity index (χ3n) is 4.40. The van der Waals surface area contributed by atoms with Gasteiger partial charge in [-0.3, -0.25) is 4.79 Å². The number of fused-ring (bicyclic) bond motifs is 1. The summed E-state index contributed by atoms with van der Waals surface area (Å²) in [6.07, 6.45) is 1.73. The molecule has 1 N–H and O–H groups in total. The second kappa shape index (κ2) is 6.24. The third-order valence-corrected chi connectivity index (χ3v) is 4.40. The zero-order valence-corrected chi connectivity index (χ0v) is 13.0. The molecule has 4 nitrogen and oxygen atoms in total. The number of hydrogen-bond acceptors (Lipinski definition) is 3. The molecular weight excluding hydrogens is 290 g/mol. The summed E-state index contributed by atoms with van der Waals surface area (Å²) in [7, 11) is 1.36. The number of amides is 1. The fraction of sp³-hybridized carbons (Fsp3) is 0.263. The molecule has 23 heavy (non-hydrogen) atoms. The first-order valence-electron chi connectivity index (χ1n) is 7.67. The fourth-order valence-corrected chi connectivity index (χ4v) is 3.14. The number of esters is 1. The molecule has 0 saturated carbocycles. The molecule has 0 aromatic heterocycles. The van der Waals surface area contributed by atoms with Crippen molar-refractivity contribution in [3.05, 3.63) is 71.3 Å². The molecule has 0 spiro atoms. The van der Waals surface area contributed by atoms with E-state index in [1.807, 2.05) is 24.3 Å². The maximum Gasteiger partial charge on any atom is 0.331 e. The maximum atomic E-state index is 12.5. The lowest BCUT2D eigenvalue weighted by atomic mass is 9.77. The van der Waals surface area contributed by atoms with E-state index in [1.165, 1.54) is 12.7 Å². The number of rotatable bonds is 3. The van der Waals surface area contributed by atoms with Crippen molar-refractivity contribution in [2.24, 2.45) is 0 Å². The Morgan fingerprint density at radius 2 is 1.65 bits per heavy atom. The lowest BCUT2D eigenvalue weighted by Gasteiger charge is -2.36. The average Bonchev–Trinajstić information content (AvgIpc) is 2.61. The normalized spacial score (nSPS) is 19.5. The molecule has 2 aromatic carbocycles. The summed E-state index contributed by atoms with van der Waals surface area (Å²) in [6, 6.07) is 16.9. The molecule has 0 fully saturated rings. The number of hydrogen-bond donors (Lipinski definition) is 1. The highest BCUT2D eigenvalue weighted by molar-refractivity contribution is 5.98. The molecule has 1 aliphatic carbocycles. The monoisotopic (exact) mass is 309 g/mol. The molecule has 0 unspecified atom stereocenters. The van der Waals surface area contributed by atoms with E-state index in [2.05, 4.69) is 11.4 Å². The Kier molecular flexibility index (Phi) is 4.15. The number of aryl methyl sites for hydroxylation is 1. The maximum absolute atomic E-state index is 12.5. The first-order valence-corrected chi connectivity index (χ1v) is 7.67. The van der Waals surface area contributed by atoms with Crippen LogP contribution in [0.3, 0.4) is 0 Å². The molecule has 1 amide bonds. The summed E-state index contributed by atoms with van der Waals surface area (Å²) >= 11 is 0. The lowest BCUT2D eigenvalue weighted by Crippen LogP contribution is -2.58. The number of benzene rings is 2. The summed E-state index contributed by atoms with van der Waals surface area (Å²) in [4.78, 5) is 25.0. The smallest absolute Gasteiger partial charge is 0.331 e. The van der Waals surface area contributed by atoms with E-state index in [1.54, 1.807) is 24.3 Å². The van der Waals surface area contributed by atoms with Gasteiger partial charge >= 0.3 is 5.97 Å². The number of nitrogens with one attached hydrogen (secondary N) is 1. The van der Waals surface area contributed by atoms with Gasteiger partial charge in [0.2, 0.25) is 0 Å². The summed E-state index contributed by atoms with van der Waals surface area (Å²) in [5.74, 6) is -0.647. The van der Waals surface area contributed by atoms with E-state index in [-0.39, 0.29) is 5.91 Å². The van der Waals surface area contributed by atoms with Gasteiger partial charge in [-0.1, -0.05) is 42.5 Å². The highest BCUT2D eigenvalue weighted by Crippen LogP contribution is 2.30. The molecule has 2 aromatic rings. The summed E-state index contributed by atoms with van der Waals surface area (Å²) in [5, 5.41) is 2.93. The standard InChI is InChI=1S/C19H19NO3/c1-23-18(22)19(20-17(21)15-8-3-2-4-9-15)12-11-14-7-5-6-10-16(14)13-19/h2-10H,11-13H2,1H3,(H,20,21)/t19-/m0/s1. The van der Waals surface area contributed by atoms with Crippen LogP contribution < -0.4 is 5.32 Å². The molecular formula is C19H19NO3. The highest BCUT2D eigenvalue weighted by atomic mass is 16.5. The Bertz CT molecular complexity index is 726. The van der Waals surface area contributed by atoms with Crippen LogP contribution in [0, 0.1) is 0 Å². The van der Waals surface area contributed by atoms with Crippen LogP contribution in [-0.4, -0.2) is 24.5 Å². The Labute approximate surface area is 135 Å². The van der Waals surface area contributed by atoms with Crippen LogP contribution in [0.2, 0.25) is 0 Å². The van der Waals surface area contributed by atoms with Gasteiger partial charge in [-0.25, -0.2) is 4.79 Å². The summed E-state index contributed by atoms with van der Waals surface area (Å²) in [5.41, 5.74) is 1.84. The lowest BCUT2D eigenvalue weighted by molar-refractivity contribution is -0.148. The van der Waals surface area contributed by atoms with Gasteiger partial charge in [0.1, 0.15) is 5.54 Å². The molecule has 3 rings (SSSR count). The molecule has 1 aliphatic rings. The predicted molar refractivity (Wildman–Crippen MR) is 87.1 cm³/mol. The molecule has 0 radical (unpaired) electrons. The quantitative estimate of drug-likeness (QED) is 0.886. The Hall–Kier alpha value is -2.62. The first-order chi connectivity index (χ1) is 11.1. The van der Waals surface area contributed by atoms with Gasteiger partial charge in [0.05, 0.1) is 7.11 Å². The topological polar surface area (TPSA) is 55.4 Å². The second-order valence-corrected chi connectivity index (χ2v) is 5.84. The number of ether oxygens (including phenoxy) is 1. The van der Waals surface area contributed by atoms with Crippen LogP contribution in [0.15, 0.2) is 54.6 Å². The molecule has 0 bridgehead atoms. The van der Waals surface area contributed by atoms with Gasteiger partial charge in [0.15, 0.2) is 0 Å². The predicted octanol–water partition coefficient (Wildman–Crippen LogP) is 2.52. The van der Waals surface area contributed by atoms with Gasteiger partial charge in [-0.05, 0) is 36.1 Å². The van der Waals surface area contributed by atoms with E-state index in [4.69, 9.17) is 4.74 Å². The van der Waals surface area contributed by atoms with Crippen molar-refractivity contribution < 1.29 is 14.3 Å². The van der Waals surface area contributed by atoms with Gasteiger partial charge in [0.25, 0.3) is 5.91 Å². The van der Waals surface area contributed by atoms with E-state index in [0.717, 1.165) is 12.0 Å². The zero-order chi connectivity index (χ0) is 16.3. The Morgan fingerprint density at radius 3 is 2.35 bits per heavy atom. The first kappa shape index (κ1) is 15.3. The van der Waals surface area contributed by atoms with Crippen molar-refractivity contribution in [3.63, 3.8) is 0 Å².